The Morgan fingerprint density at radius 1 is 1.50 bits per heavy atom. The minimum Gasteiger partial charge on any atom is -0.481 e. The van der Waals surface area contributed by atoms with Gasteiger partial charge in [0.15, 0.2) is 0 Å². The van der Waals surface area contributed by atoms with Crippen molar-refractivity contribution in [2.45, 2.75) is 33.2 Å². The monoisotopic (exact) mass is 228 g/mol. The molecule has 1 heterocycles. The van der Waals surface area contributed by atoms with Crippen molar-refractivity contribution < 1.29 is 14.7 Å². The SMILES string of the molecule is CC(C)CNC(=O)N1CCC(C(=O)O)C1C. The molecule has 1 saturated heterocycles. The van der Waals surface area contributed by atoms with Crippen molar-refractivity contribution in [3.63, 3.8) is 0 Å². The zero-order valence-electron chi connectivity index (χ0n) is 10.1. The quantitative estimate of drug-likeness (QED) is 0.761. The Hall–Kier alpha value is -1.26. The average Bonchev–Trinajstić information content (AvgIpc) is 2.56. The van der Waals surface area contributed by atoms with Gasteiger partial charge in [-0.2, -0.15) is 0 Å². The third kappa shape index (κ3) is 2.87. The van der Waals surface area contributed by atoms with Crippen LogP contribution in [0.2, 0.25) is 0 Å². The van der Waals surface area contributed by atoms with Gasteiger partial charge < -0.3 is 15.3 Å². The summed E-state index contributed by atoms with van der Waals surface area (Å²) in [5.74, 6) is -0.839. The lowest BCUT2D eigenvalue weighted by atomic mass is 10.0. The lowest BCUT2D eigenvalue weighted by Crippen LogP contribution is -2.44. The number of rotatable bonds is 3. The number of hydrogen-bond acceptors (Lipinski definition) is 2. The number of nitrogens with zero attached hydrogens (tertiary/aromatic N) is 1. The number of likely N-dealkylation sites (tertiary alicyclic amines) is 1. The Labute approximate surface area is 95.8 Å². The van der Waals surface area contributed by atoms with E-state index >= 15 is 0 Å². The molecule has 2 unspecified atom stereocenters. The number of hydrogen-bond donors (Lipinski definition) is 2. The van der Waals surface area contributed by atoms with Crippen LogP contribution in [0.4, 0.5) is 4.79 Å². The highest BCUT2D eigenvalue weighted by Crippen LogP contribution is 2.24. The van der Waals surface area contributed by atoms with Gasteiger partial charge in [0.25, 0.3) is 0 Å². The summed E-state index contributed by atoms with van der Waals surface area (Å²) in [5.41, 5.74) is 0. The van der Waals surface area contributed by atoms with Crippen LogP contribution in [-0.2, 0) is 4.79 Å². The molecule has 1 fully saturated rings. The lowest BCUT2D eigenvalue weighted by molar-refractivity contribution is -0.142. The summed E-state index contributed by atoms with van der Waals surface area (Å²) in [7, 11) is 0. The molecule has 2 amide bonds. The summed E-state index contributed by atoms with van der Waals surface area (Å²) in [6, 6.07) is -0.366. The Morgan fingerprint density at radius 3 is 2.56 bits per heavy atom. The molecule has 0 aliphatic carbocycles. The fourth-order valence-corrected chi connectivity index (χ4v) is 1.95. The number of carboxylic acid groups (broad SMARTS) is 1. The van der Waals surface area contributed by atoms with Crippen molar-refractivity contribution in [3.05, 3.63) is 0 Å². The van der Waals surface area contributed by atoms with Crippen molar-refractivity contribution in [2.24, 2.45) is 11.8 Å². The van der Waals surface area contributed by atoms with E-state index < -0.39 is 11.9 Å². The molecule has 92 valence electrons. The van der Waals surface area contributed by atoms with Crippen molar-refractivity contribution in [1.82, 2.24) is 10.2 Å². The molecule has 0 aromatic heterocycles. The van der Waals surface area contributed by atoms with E-state index in [9.17, 15) is 9.59 Å². The third-order valence-corrected chi connectivity index (χ3v) is 2.99. The summed E-state index contributed by atoms with van der Waals surface area (Å²) < 4.78 is 0. The molecule has 5 nitrogen and oxygen atoms in total. The van der Waals surface area contributed by atoms with Crippen molar-refractivity contribution in [1.29, 1.82) is 0 Å². The molecule has 0 bridgehead atoms. The van der Waals surface area contributed by atoms with Gasteiger partial charge in [-0.3, -0.25) is 4.79 Å². The van der Waals surface area contributed by atoms with E-state index in [0.29, 0.717) is 25.4 Å². The van der Waals surface area contributed by atoms with Crippen LogP contribution in [-0.4, -0.2) is 41.1 Å². The summed E-state index contributed by atoms with van der Waals surface area (Å²) >= 11 is 0. The maximum absolute atomic E-state index is 11.8. The number of carbonyl (C=O) groups is 2. The summed E-state index contributed by atoms with van der Waals surface area (Å²) in [5, 5.41) is 11.8. The first-order chi connectivity index (χ1) is 7.43. The van der Waals surface area contributed by atoms with Crippen LogP contribution < -0.4 is 5.32 Å². The molecule has 2 N–H and O–H groups in total. The zero-order chi connectivity index (χ0) is 12.3. The fraction of sp³-hybridized carbons (Fsp3) is 0.818. The van der Waals surface area contributed by atoms with Gasteiger partial charge >= 0.3 is 12.0 Å². The second-order valence-corrected chi connectivity index (χ2v) is 4.75. The highest BCUT2D eigenvalue weighted by Gasteiger charge is 2.37. The van der Waals surface area contributed by atoms with Crippen LogP contribution in [0.5, 0.6) is 0 Å². The normalized spacial score (nSPS) is 24.9. The predicted molar refractivity (Wildman–Crippen MR) is 60.1 cm³/mol. The Morgan fingerprint density at radius 2 is 2.12 bits per heavy atom. The van der Waals surface area contributed by atoms with Crippen LogP contribution in [0.15, 0.2) is 0 Å². The van der Waals surface area contributed by atoms with Gasteiger partial charge in [0.2, 0.25) is 0 Å². The van der Waals surface area contributed by atoms with Gasteiger partial charge in [0, 0.05) is 19.1 Å². The van der Waals surface area contributed by atoms with Gasteiger partial charge in [-0.1, -0.05) is 13.8 Å². The maximum Gasteiger partial charge on any atom is 0.317 e. The van der Waals surface area contributed by atoms with E-state index in [4.69, 9.17) is 5.11 Å². The van der Waals surface area contributed by atoms with E-state index in [1.165, 1.54) is 0 Å². The second-order valence-electron chi connectivity index (χ2n) is 4.75. The first kappa shape index (κ1) is 12.8. The molecular weight excluding hydrogens is 208 g/mol. The summed E-state index contributed by atoms with van der Waals surface area (Å²) in [6.45, 7) is 6.99. The van der Waals surface area contributed by atoms with Crippen molar-refractivity contribution in [2.75, 3.05) is 13.1 Å². The van der Waals surface area contributed by atoms with E-state index in [2.05, 4.69) is 5.32 Å². The molecule has 1 aliphatic heterocycles. The number of aliphatic carboxylic acids is 1. The zero-order valence-corrected chi connectivity index (χ0v) is 10.1. The molecular formula is C11H20N2O3. The summed E-state index contributed by atoms with van der Waals surface area (Å²) in [4.78, 5) is 24.3. The molecule has 0 aromatic rings. The van der Waals surface area contributed by atoms with Gasteiger partial charge in [-0.25, -0.2) is 4.79 Å². The van der Waals surface area contributed by atoms with Crippen LogP contribution >= 0.6 is 0 Å². The topological polar surface area (TPSA) is 69.6 Å². The van der Waals surface area contributed by atoms with Crippen LogP contribution in [0.1, 0.15) is 27.2 Å². The maximum atomic E-state index is 11.8. The van der Waals surface area contributed by atoms with Crippen LogP contribution in [0.3, 0.4) is 0 Å². The van der Waals surface area contributed by atoms with E-state index in [0.717, 1.165) is 0 Å². The smallest absolute Gasteiger partial charge is 0.317 e. The number of carboxylic acids is 1. The molecule has 2 atom stereocenters. The first-order valence-corrected chi connectivity index (χ1v) is 5.70. The number of nitrogens with one attached hydrogen (secondary N) is 1. The minimum absolute atomic E-state index is 0.148. The lowest BCUT2D eigenvalue weighted by Gasteiger charge is -2.24. The highest BCUT2D eigenvalue weighted by molar-refractivity contribution is 5.78. The number of amides is 2. The molecule has 0 spiro atoms. The van der Waals surface area contributed by atoms with Gasteiger partial charge in [-0.05, 0) is 19.3 Å². The average molecular weight is 228 g/mol. The van der Waals surface area contributed by atoms with E-state index in [-0.39, 0.29) is 12.1 Å². The second kappa shape index (κ2) is 5.18. The minimum atomic E-state index is -0.813. The predicted octanol–water partition coefficient (Wildman–Crippen LogP) is 1.15. The number of urea groups is 1. The largest absolute Gasteiger partial charge is 0.481 e. The Kier molecular flexibility index (Phi) is 4.15. The molecule has 1 aliphatic rings. The Balaban J connectivity index is 2.49. The standard InChI is InChI=1S/C11H20N2O3/c1-7(2)6-12-11(16)13-5-4-9(8(13)3)10(14)15/h7-9H,4-6H2,1-3H3,(H,12,16)(H,14,15). The highest BCUT2D eigenvalue weighted by atomic mass is 16.4. The van der Waals surface area contributed by atoms with E-state index in [1.54, 1.807) is 11.8 Å². The molecule has 16 heavy (non-hydrogen) atoms. The van der Waals surface area contributed by atoms with Crippen molar-refractivity contribution in [3.8, 4) is 0 Å². The van der Waals surface area contributed by atoms with Gasteiger partial charge in [0.05, 0.1) is 5.92 Å². The van der Waals surface area contributed by atoms with Gasteiger partial charge in [0.1, 0.15) is 0 Å². The third-order valence-electron chi connectivity index (χ3n) is 2.99. The fourth-order valence-electron chi connectivity index (χ4n) is 1.95. The van der Waals surface area contributed by atoms with Crippen LogP contribution in [0, 0.1) is 11.8 Å². The first-order valence-electron chi connectivity index (χ1n) is 5.70. The van der Waals surface area contributed by atoms with Gasteiger partial charge in [-0.15, -0.1) is 0 Å². The van der Waals surface area contributed by atoms with E-state index in [1.807, 2.05) is 13.8 Å². The van der Waals surface area contributed by atoms with Crippen molar-refractivity contribution >= 4 is 12.0 Å². The molecule has 0 aromatic carbocycles. The number of carbonyl (C=O) groups excluding carboxylic acids is 1. The Bertz CT molecular complexity index is 278. The molecule has 0 radical (unpaired) electrons. The molecule has 5 heteroatoms. The molecule has 0 saturated carbocycles. The summed E-state index contributed by atoms with van der Waals surface area (Å²) in [6.07, 6.45) is 0.547. The van der Waals surface area contributed by atoms with Crippen LogP contribution in [0.25, 0.3) is 0 Å². The molecule has 1 rings (SSSR count).